The van der Waals surface area contributed by atoms with E-state index >= 15 is 0 Å². The van der Waals surface area contributed by atoms with Crippen molar-refractivity contribution < 1.29 is 23.8 Å². The summed E-state index contributed by atoms with van der Waals surface area (Å²) >= 11 is 0. The summed E-state index contributed by atoms with van der Waals surface area (Å²) in [6.45, 7) is 0. The van der Waals surface area contributed by atoms with Crippen molar-refractivity contribution in [1.29, 1.82) is 0 Å². The maximum absolute atomic E-state index is 12.5. The summed E-state index contributed by atoms with van der Waals surface area (Å²) in [5, 5.41) is 2.10. The van der Waals surface area contributed by atoms with Gasteiger partial charge in [-0.2, -0.15) is 0 Å². The van der Waals surface area contributed by atoms with Gasteiger partial charge in [-0.25, -0.2) is 9.59 Å². The van der Waals surface area contributed by atoms with Gasteiger partial charge in [0, 0.05) is 0 Å². The zero-order chi connectivity index (χ0) is 17.6. The lowest BCUT2D eigenvalue weighted by molar-refractivity contribution is -0.139. The van der Waals surface area contributed by atoms with Crippen molar-refractivity contribution in [3.05, 3.63) is 71.3 Å². The number of fused-ring (bicyclic) bond motifs is 3. The van der Waals surface area contributed by atoms with Crippen LogP contribution in [0.25, 0.3) is 10.8 Å². The molecule has 0 N–H and O–H groups in total. The van der Waals surface area contributed by atoms with E-state index in [1.54, 1.807) is 12.2 Å². The highest BCUT2D eigenvalue weighted by molar-refractivity contribution is 6.05. The number of rotatable bonds is 3. The molecule has 2 aromatic carbocycles. The Morgan fingerprint density at radius 1 is 1.00 bits per heavy atom. The van der Waals surface area contributed by atoms with E-state index in [0.29, 0.717) is 0 Å². The minimum absolute atomic E-state index is 0.185. The average molecular weight is 336 g/mol. The Hall–Kier alpha value is -2.92. The fraction of sp³-hybridized carbons (Fsp3) is 0.200. The van der Waals surface area contributed by atoms with Crippen molar-refractivity contribution in [3.8, 4) is 0 Å². The summed E-state index contributed by atoms with van der Waals surface area (Å²) in [5.74, 6) is -1.18. The predicted molar refractivity (Wildman–Crippen MR) is 90.7 cm³/mol. The highest BCUT2D eigenvalue weighted by Gasteiger charge is 2.55. The summed E-state index contributed by atoms with van der Waals surface area (Å²) in [6.07, 6.45) is 2.96. The maximum Gasteiger partial charge on any atom is 0.338 e. The summed E-state index contributed by atoms with van der Waals surface area (Å²) in [5.41, 5.74) is 0.0181. The number of ether oxygens (including phenoxy) is 3. The van der Waals surface area contributed by atoms with Crippen LogP contribution in [0.2, 0.25) is 0 Å². The third kappa shape index (κ3) is 2.13. The molecule has 126 valence electrons. The van der Waals surface area contributed by atoms with E-state index in [4.69, 9.17) is 14.2 Å². The number of methoxy groups -OCH3 is 2. The quantitative estimate of drug-likeness (QED) is 0.637. The van der Waals surface area contributed by atoms with Crippen molar-refractivity contribution in [2.24, 2.45) is 0 Å². The smallest absolute Gasteiger partial charge is 0.338 e. The molecule has 5 heteroatoms. The molecule has 4 rings (SSSR count). The number of benzene rings is 2. The molecule has 2 aliphatic heterocycles. The van der Waals surface area contributed by atoms with E-state index in [1.807, 2.05) is 42.5 Å². The minimum atomic E-state index is -1.13. The molecule has 0 aliphatic carbocycles. The standard InChI is InChI=1S/C20H16O5/c1-23-18(21)16-15-9-10-20(25-15,17(16)19(22)24-2)14-8-7-12-5-3-4-6-13(12)11-14/h3-11,15H,1-2H3/t15-,20-/m1/s1. The molecule has 2 aromatic rings. The molecule has 0 amide bonds. The fourth-order valence-electron chi connectivity index (χ4n) is 3.56. The van der Waals surface area contributed by atoms with E-state index in [0.717, 1.165) is 16.3 Å². The van der Waals surface area contributed by atoms with Crippen LogP contribution < -0.4 is 0 Å². The molecule has 2 aliphatic rings. The highest BCUT2D eigenvalue weighted by Crippen LogP contribution is 2.50. The largest absolute Gasteiger partial charge is 0.466 e. The third-order valence-electron chi connectivity index (χ3n) is 4.72. The van der Waals surface area contributed by atoms with Gasteiger partial charge in [-0.1, -0.05) is 42.5 Å². The monoisotopic (exact) mass is 336 g/mol. The molecule has 25 heavy (non-hydrogen) atoms. The molecule has 2 atom stereocenters. The number of hydrogen-bond donors (Lipinski definition) is 0. The van der Waals surface area contributed by atoms with Crippen LogP contribution in [-0.2, 0) is 29.4 Å². The molecule has 5 nitrogen and oxygen atoms in total. The summed E-state index contributed by atoms with van der Waals surface area (Å²) in [4.78, 5) is 24.7. The molecule has 0 saturated carbocycles. The van der Waals surface area contributed by atoms with E-state index in [9.17, 15) is 9.59 Å². The van der Waals surface area contributed by atoms with Gasteiger partial charge in [-0.15, -0.1) is 0 Å². The first kappa shape index (κ1) is 15.6. The van der Waals surface area contributed by atoms with Gasteiger partial charge < -0.3 is 14.2 Å². The first-order valence-electron chi connectivity index (χ1n) is 7.88. The molecular formula is C20H16O5. The second-order valence-electron chi connectivity index (χ2n) is 5.97. The zero-order valence-corrected chi connectivity index (χ0v) is 13.8. The average Bonchev–Trinajstić information content (AvgIpc) is 3.24. The van der Waals surface area contributed by atoms with Crippen molar-refractivity contribution in [3.63, 3.8) is 0 Å². The molecule has 0 unspecified atom stereocenters. The maximum atomic E-state index is 12.5. The van der Waals surface area contributed by atoms with Crippen LogP contribution in [-0.4, -0.2) is 32.3 Å². The topological polar surface area (TPSA) is 61.8 Å². The van der Waals surface area contributed by atoms with Crippen LogP contribution in [0, 0.1) is 0 Å². The Morgan fingerprint density at radius 2 is 1.72 bits per heavy atom. The first-order valence-corrected chi connectivity index (χ1v) is 7.88. The van der Waals surface area contributed by atoms with Crippen molar-refractivity contribution in [1.82, 2.24) is 0 Å². The molecule has 0 spiro atoms. The van der Waals surface area contributed by atoms with Gasteiger partial charge >= 0.3 is 11.9 Å². The highest BCUT2D eigenvalue weighted by atomic mass is 16.6. The Bertz CT molecular complexity index is 955. The van der Waals surface area contributed by atoms with Crippen molar-refractivity contribution >= 4 is 22.7 Å². The van der Waals surface area contributed by atoms with Crippen LogP contribution >= 0.6 is 0 Å². The molecule has 2 bridgehead atoms. The summed E-state index contributed by atoms with van der Waals surface area (Å²) in [6, 6.07) is 13.7. The Balaban J connectivity index is 1.94. The molecule has 0 aromatic heterocycles. The number of esters is 2. The normalized spacial score (nSPS) is 24.0. The van der Waals surface area contributed by atoms with E-state index in [1.165, 1.54) is 14.2 Å². The van der Waals surface area contributed by atoms with Gasteiger partial charge in [-0.3, -0.25) is 0 Å². The molecule has 0 fully saturated rings. The predicted octanol–water partition coefficient (Wildman–Crippen LogP) is 2.65. The SMILES string of the molecule is COC(=O)C1=C(C(=O)OC)[C@]2(c3ccc4ccccc4c3)C=C[C@H]1O2. The lowest BCUT2D eigenvalue weighted by Crippen LogP contribution is -2.30. The second-order valence-corrected chi connectivity index (χ2v) is 5.97. The zero-order valence-electron chi connectivity index (χ0n) is 13.8. The van der Waals surface area contributed by atoms with Crippen LogP contribution in [0.15, 0.2) is 65.8 Å². The van der Waals surface area contributed by atoms with Gasteiger partial charge in [-0.05, 0) is 28.5 Å². The van der Waals surface area contributed by atoms with Gasteiger partial charge in [0.1, 0.15) is 11.7 Å². The minimum Gasteiger partial charge on any atom is -0.466 e. The Morgan fingerprint density at radius 3 is 2.44 bits per heavy atom. The van der Waals surface area contributed by atoms with E-state index in [-0.39, 0.29) is 11.1 Å². The molecule has 0 saturated heterocycles. The van der Waals surface area contributed by atoms with Crippen molar-refractivity contribution in [2.45, 2.75) is 11.7 Å². The number of hydrogen-bond acceptors (Lipinski definition) is 5. The lowest BCUT2D eigenvalue weighted by atomic mass is 9.81. The number of carbonyl (C=O) groups is 2. The molecular weight excluding hydrogens is 320 g/mol. The van der Waals surface area contributed by atoms with E-state index in [2.05, 4.69) is 0 Å². The Labute approximate surface area is 144 Å². The van der Waals surface area contributed by atoms with Gasteiger partial charge in [0.2, 0.25) is 0 Å². The first-order chi connectivity index (χ1) is 12.1. The molecule has 2 heterocycles. The van der Waals surface area contributed by atoms with Crippen molar-refractivity contribution in [2.75, 3.05) is 14.2 Å². The van der Waals surface area contributed by atoms with E-state index < -0.39 is 23.6 Å². The number of carbonyl (C=O) groups excluding carboxylic acids is 2. The molecule has 0 radical (unpaired) electrons. The van der Waals surface area contributed by atoms with Crippen LogP contribution in [0.4, 0.5) is 0 Å². The fourth-order valence-corrected chi connectivity index (χ4v) is 3.56. The summed E-state index contributed by atoms with van der Waals surface area (Å²) in [7, 11) is 2.57. The van der Waals surface area contributed by atoms with Gasteiger partial charge in [0.15, 0.2) is 0 Å². The van der Waals surface area contributed by atoms with Gasteiger partial charge in [0.05, 0.1) is 25.4 Å². The van der Waals surface area contributed by atoms with Gasteiger partial charge in [0.25, 0.3) is 0 Å². The summed E-state index contributed by atoms with van der Waals surface area (Å²) < 4.78 is 15.9. The van der Waals surface area contributed by atoms with Crippen LogP contribution in [0.3, 0.4) is 0 Å². The van der Waals surface area contributed by atoms with Crippen LogP contribution in [0.5, 0.6) is 0 Å². The second kappa shape index (κ2) is 5.57. The Kier molecular flexibility index (Phi) is 3.47. The lowest BCUT2D eigenvalue weighted by Gasteiger charge is -2.26. The third-order valence-corrected chi connectivity index (χ3v) is 4.72. The van der Waals surface area contributed by atoms with Crippen LogP contribution in [0.1, 0.15) is 5.56 Å².